The van der Waals surface area contributed by atoms with Crippen molar-refractivity contribution in [2.75, 3.05) is 6.54 Å². The lowest BCUT2D eigenvalue weighted by molar-refractivity contribution is 0.625. The van der Waals surface area contributed by atoms with Crippen LogP contribution in [0.5, 0.6) is 0 Å². The van der Waals surface area contributed by atoms with Crippen molar-refractivity contribution in [1.29, 1.82) is 0 Å². The van der Waals surface area contributed by atoms with Gasteiger partial charge in [0.05, 0.1) is 6.04 Å². The Hall–Kier alpha value is -0.580. The summed E-state index contributed by atoms with van der Waals surface area (Å²) in [6.45, 7) is 7.35. The standard InChI is InChI=1S/C17H19ClIN/c1-4-20-17(14-9-11(2)5-6-12(14)3)15-10-13(18)7-8-16(15)19/h5-10,17,20H,4H2,1-3H3. The highest BCUT2D eigenvalue weighted by molar-refractivity contribution is 14.1. The minimum atomic E-state index is 0.186. The van der Waals surface area contributed by atoms with Gasteiger partial charge in [0.1, 0.15) is 0 Å². The lowest BCUT2D eigenvalue weighted by atomic mass is 9.93. The summed E-state index contributed by atoms with van der Waals surface area (Å²) in [7, 11) is 0. The zero-order valence-corrected chi connectivity index (χ0v) is 14.9. The highest BCUT2D eigenvalue weighted by atomic mass is 127. The molecule has 1 atom stereocenters. The monoisotopic (exact) mass is 399 g/mol. The van der Waals surface area contributed by atoms with Crippen molar-refractivity contribution in [3.63, 3.8) is 0 Å². The molecule has 0 fully saturated rings. The fourth-order valence-electron chi connectivity index (χ4n) is 2.40. The first-order chi connectivity index (χ1) is 9.52. The molecular formula is C17H19ClIN. The molecule has 2 aromatic rings. The number of rotatable bonds is 4. The molecule has 106 valence electrons. The van der Waals surface area contributed by atoms with E-state index in [0.717, 1.165) is 11.6 Å². The SMILES string of the molecule is CCNC(c1cc(C)ccc1C)c1cc(Cl)ccc1I. The van der Waals surface area contributed by atoms with Crippen LogP contribution in [0.4, 0.5) is 0 Å². The van der Waals surface area contributed by atoms with E-state index in [4.69, 9.17) is 11.6 Å². The van der Waals surface area contributed by atoms with E-state index >= 15 is 0 Å². The molecule has 0 aliphatic rings. The van der Waals surface area contributed by atoms with Crippen LogP contribution in [-0.2, 0) is 0 Å². The minimum Gasteiger partial charge on any atom is -0.306 e. The van der Waals surface area contributed by atoms with Crippen molar-refractivity contribution in [3.05, 3.63) is 67.2 Å². The number of hydrogen-bond acceptors (Lipinski definition) is 1. The Kier molecular flexibility index (Phi) is 5.47. The van der Waals surface area contributed by atoms with Gasteiger partial charge in [0.25, 0.3) is 0 Å². The van der Waals surface area contributed by atoms with Crippen molar-refractivity contribution in [2.45, 2.75) is 26.8 Å². The molecule has 0 aliphatic carbocycles. The van der Waals surface area contributed by atoms with Crippen LogP contribution in [0.2, 0.25) is 5.02 Å². The Labute approximate surface area is 139 Å². The van der Waals surface area contributed by atoms with E-state index in [2.05, 4.69) is 79.0 Å². The molecule has 0 aromatic heterocycles. The van der Waals surface area contributed by atoms with E-state index in [-0.39, 0.29) is 6.04 Å². The predicted octanol–water partition coefficient (Wildman–Crippen LogP) is 5.26. The quantitative estimate of drug-likeness (QED) is 0.692. The third-order valence-corrected chi connectivity index (χ3v) is 4.64. The molecular weight excluding hydrogens is 381 g/mol. The lowest BCUT2D eigenvalue weighted by Gasteiger charge is -2.23. The first-order valence-electron chi connectivity index (χ1n) is 6.78. The maximum Gasteiger partial charge on any atom is 0.0590 e. The summed E-state index contributed by atoms with van der Waals surface area (Å²) in [5.41, 5.74) is 5.16. The molecule has 1 unspecified atom stereocenters. The lowest BCUT2D eigenvalue weighted by Crippen LogP contribution is -2.23. The van der Waals surface area contributed by atoms with Crippen LogP contribution in [0.15, 0.2) is 36.4 Å². The minimum absolute atomic E-state index is 0.186. The summed E-state index contributed by atoms with van der Waals surface area (Å²) >= 11 is 8.57. The van der Waals surface area contributed by atoms with Crippen molar-refractivity contribution in [1.82, 2.24) is 5.32 Å². The summed E-state index contributed by atoms with van der Waals surface area (Å²) in [6, 6.07) is 12.9. The van der Waals surface area contributed by atoms with Crippen LogP contribution < -0.4 is 5.32 Å². The molecule has 0 aliphatic heterocycles. The molecule has 0 radical (unpaired) electrons. The average Bonchev–Trinajstić information content (AvgIpc) is 2.42. The fraction of sp³-hybridized carbons (Fsp3) is 0.294. The summed E-state index contributed by atoms with van der Waals surface area (Å²) < 4.78 is 1.24. The van der Waals surface area contributed by atoms with E-state index in [9.17, 15) is 0 Å². The number of hydrogen-bond donors (Lipinski definition) is 1. The largest absolute Gasteiger partial charge is 0.306 e. The zero-order chi connectivity index (χ0) is 14.7. The van der Waals surface area contributed by atoms with Crippen LogP contribution in [0.25, 0.3) is 0 Å². The Morgan fingerprint density at radius 1 is 1.10 bits per heavy atom. The van der Waals surface area contributed by atoms with Gasteiger partial charge in [-0.2, -0.15) is 0 Å². The zero-order valence-electron chi connectivity index (χ0n) is 12.0. The molecule has 0 saturated carbocycles. The second kappa shape index (κ2) is 6.92. The Bertz CT molecular complexity index is 558. The second-order valence-electron chi connectivity index (χ2n) is 5.02. The summed E-state index contributed by atoms with van der Waals surface area (Å²) in [5, 5.41) is 4.37. The Morgan fingerprint density at radius 3 is 2.55 bits per heavy atom. The van der Waals surface area contributed by atoms with Gasteiger partial charge >= 0.3 is 0 Å². The van der Waals surface area contributed by atoms with Gasteiger partial charge in [0.15, 0.2) is 0 Å². The maximum atomic E-state index is 6.19. The van der Waals surface area contributed by atoms with Crippen molar-refractivity contribution in [3.8, 4) is 0 Å². The molecule has 0 amide bonds. The van der Waals surface area contributed by atoms with Crippen LogP contribution >= 0.6 is 34.2 Å². The summed E-state index contributed by atoms with van der Waals surface area (Å²) in [4.78, 5) is 0. The van der Waals surface area contributed by atoms with Gasteiger partial charge in [-0.1, -0.05) is 42.3 Å². The van der Waals surface area contributed by atoms with Crippen LogP contribution in [0.3, 0.4) is 0 Å². The molecule has 1 N–H and O–H groups in total. The molecule has 0 spiro atoms. The van der Waals surface area contributed by atoms with E-state index in [0.29, 0.717) is 0 Å². The summed E-state index contributed by atoms with van der Waals surface area (Å²) in [5.74, 6) is 0. The van der Waals surface area contributed by atoms with E-state index in [1.54, 1.807) is 0 Å². The third kappa shape index (κ3) is 3.54. The van der Waals surface area contributed by atoms with Gasteiger partial charge in [0.2, 0.25) is 0 Å². The van der Waals surface area contributed by atoms with Gasteiger partial charge in [-0.05, 0) is 77.9 Å². The highest BCUT2D eigenvalue weighted by Crippen LogP contribution is 2.30. The normalized spacial score (nSPS) is 12.4. The van der Waals surface area contributed by atoms with Crippen molar-refractivity contribution in [2.24, 2.45) is 0 Å². The van der Waals surface area contributed by atoms with E-state index < -0.39 is 0 Å². The molecule has 2 aromatic carbocycles. The van der Waals surface area contributed by atoms with Gasteiger partial charge in [-0.25, -0.2) is 0 Å². The third-order valence-electron chi connectivity index (χ3n) is 3.42. The molecule has 3 heteroatoms. The smallest absolute Gasteiger partial charge is 0.0590 e. The Morgan fingerprint density at radius 2 is 1.85 bits per heavy atom. The number of aryl methyl sites for hydroxylation is 2. The van der Waals surface area contributed by atoms with Crippen LogP contribution in [0, 0.1) is 17.4 Å². The fourth-order valence-corrected chi connectivity index (χ4v) is 3.23. The first kappa shape index (κ1) is 15.8. The topological polar surface area (TPSA) is 12.0 Å². The number of nitrogens with one attached hydrogen (secondary N) is 1. The first-order valence-corrected chi connectivity index (χ1v) is 8.24. The van der Waals surface area contributed by atoms with Crippen molar-refractivity contribution < 1.29 is 0 Å². The summed E-state index contributed by atoms with van der Waals surface area (Å²) in [6.07, 6.45) is 0. The van der Waals surface area contributed by atoms with E-state index in [1.165, 1.54) is 25.8 Å². The highest BCUT2D eigenvalue weighted by Gasteiger charge is 2.18. The number of halogens is 2. The van der Waals surface area contributed by atoms with Gasteiger partial charge in [-0.15, -0.1) is 0 Å². The molecule has 1 nitrogen and oxygen atoms in total. The molecule has 0 bridgehead atoms. The van der Waals surface area contributed by atoms with Gasteiger partial charge in [0, 0.05) is 8.59 Å². The predicted molar refractivity (Wildman–Crippen MR) is 95.6 cm³/mol. The Balaban J connectivity index is 2.55. The van der Waals surface area contributed by atoms with Gasteiger partial charge < -0.3 is 5.32 Å². The average molecular weight is 400 g/mol. The van der Waals surface area contributed by atoms with Gasteiger partial charge in [-0.3, -0.25) is 0 Å². The van der Waals surface area contributed by atoms with Crippen LogP contribution in [0.1, 0.15) is 35.2 Å². The second-order valence-corrected chi connectivity index (χ2v) is 6.62. The molecule has 2 rings (SSSR count). The maximum absolute atomic E-state index is 6.19. The van der Waals surface area contributed by atoms with Crippen molar-refractivity contribution >= 4 is 34.2 Å². The molecule has 20 heavy (non-hydrogen) atoms. The molecule has 0 saturated heterocycles. The van der Waals surface area contributed by atoms with Crippen LogP contribution in [-0.4, -0.2) is 6.54 Å². The molecule has 0 heterocycles. The van der Waals surface area contributed by atoms with E-state index in [1.807, 2.05) is 6.07 Å². The number of benzene rings is 2.